The first-order valence-electron chi connectivity index (χ1n) is 17.9. The van der Waals surface area contributed by atoms with Crippen molar-refractivity contribution in [3.05, 3.63) is 34.8 Å². The van der Waals surface area contributed by atoms with E-state index in [1.807, 2.05) is 20.8 Å². The summed E-state index contributed by atoms with van der Waals surface area (Å²) in [6, 6.07) is 0.867. The number of carbonyl (C=O) groups excluding carboxylic acids is 5. The van der Waals surface area contributed by atoms with Crippen molar-refractivity contribution in [2.75, 3.05) is 57.9 Å². The van der Waals surface area contributed by atoms with Crippen molar-refractivity contribution in [3.8, 4) is 0 Å². The predicted octanol–water partition coefficient (Wildman–Crippen LogP) is 3.79. The van der Waals surface area contributed by atoms with Gasteiger partial charge in [-0.25, -0.2) is 19.2 Å². The first-order valence-corrected chi connectivity index (χ1v) is 17.9. The number of hydrogen-bond acceptors (Lipinski definition) is 11. The Kier molecular flexibility index (Phi) is 20.8. The second-order valence-corrected chi connectivity index (χ2v) is 14.9. The molecule has 1 aromatic heterocycles. The maximum Gasteiger partial charge on any atom is 0.407 e. The summed E-state index contributed by atoms with van der Waals surface area (Å²) in [6.07, 6.45) is 2.35. The molecule has 0 aliphatic rings. The van der Waals surface area contributed by atoms with Gasteiger partial charge in [0, 0.05) is 44.0 Å². The number of H-pyrrole nitrogens is 1. The highest BCUT2D eigenvalue weighted by Gasteiger charge is 2.24. The van der Waals surface area contributed by atoms with E-state index in [1.54, 1.807) is 13.8 Å². The van der Waals surface area contributed by atoms with E-state index in [2.05, 4.69) is 63.9 Å². The lowest BCUT2D eigenvalue weighted by molar-refractivity contribution is -0.138. The summed E-state index contributed by atoms with van der Waals surface area (Å²) >= 11 is 0. The number of aromatic nitrogens is 2. The number of carbonyl (C=O) groups is 5. The molecule has 17 heteroatoms. The standard InChI is InChI=1S/C36H61N7O10/c1-10-30(46)50-15-16-51-34(49)40-23-36(8,9)18-24(2)11-13-37-29(45)22-52-27(5)21-53-33(48)38-14-12-35(6,7)19-25(3)20-39-32(47)43-31-41-26(4)17-28(44)42-31/h10,17,24-25,27H,1,11-16,18-23H2,2-9H3,(H,37,45)(H,38,48)(H,40,49)(H3,39,41,42,43,44,47). The topological polar surface area (TPSA) is 228 Å². The third-order valence-electron chi connectivity index (χ3n) is 7.94. The normalized spacial score (nSPS) is 13.1. The van der Waals surface area contributed by atoms with Gasteiger partial charge in [0.2, 0.25) is 11.9 Å². The van der Waals surface area contributed by atoms with E-state index in [1.165, 1.54) is 6.07 Å². The number of urea groups is 1. The first kappa shape index (κ1) is 46.4. The van der Waals surface area contributed by atoms with Crippen LogP contribution in [-0.2, 0) is 28.5 Å². The summed E-state index contributed by atoms with van der Waals surface area (Å²) < 4.78 is 20.5. The first-order chi connectivity index (χ1) is 24.8. The molecule has 0 radical (unpaired) electrons. The smallest absolute Gasteiger partial charge is 0.407 e. The van der Waals surface area contributed by atoms with E-state index >= 15 is 0 Å². The van der Waals surface area contributed by atoms with Crippen LogP contribution in [0.2, 0.25) is 0 Å². The molecule has 3 atom stereocenters. The van der Waals surface area contributed by atoms with Crippen molar-refractivity contribution in [1.29, 1.82) is 0 Å². The van der Waals surface area contributed by atoms with Gasteiger partial charge in [0.05, 0.1) is 6.10 Å². The average Bonchev–Trinajstić information content (AvgIpc) is 3.05. The van der Waals surface area contributed by atoms with E-state index in [0.29, 0.717) is 38.3 Å². The van der Waals surface area contributed by atoms with Crippen molar-refractivity contribution >= 4 is 36.0 Å². The lowest BCUT2D eigenvalue weighted by Gasteiger charge is -2.28. The fourth-order valence-corrected chi connectivity index (χ4v) is 5.51. The maximum absolute atomic E-state index is 12.3. The highest BCUT2D eigenvalue weighted by molar-refractivity contribution is 5.87. The summed E-state index contributed by atoms with van der Waals surface area (Å²) in [5, 5.41) is 13.6. The van der Waals surface area contributed by atoms with E-state index in [4.69, 9.17) is 18.9 Å². The number of amides is 5. The molecule has 0 saturated heterocycles. The molecule has 1 aromatic rings. The third kappa shape index (κ3) is 23.5. The van der Waals surface area contributed by atoms with Crippen LogP contribution >= 0.6 is 0 Å². The molecule has 300 valence electrons. The molecular weight excluding hydrogens is 690 g/mol. The number of hydrogen-bond donors (Lipinski definition) is 6. The molecule has 1 rings (SSSR count). The minimum absolute atomic E-state index is 0.0182. The van der Waals surface area contributed by atoms with Crippen LogP contribution in [0, 0.1) is 29.6 Å². The Labute approximate surface area is 312 Å². The number of rotatable bonds is 24. The van der Waals surface area contributed by atoms with Crippen LogP contribution in [0.3, 0.4) is 0 Å². The van der Waals surface area contributed by atoms with E-state index in [0.717, 1.165) is 25.3 Å². The number of aromatic amines is 1. The second kappa shape index (κ2) is 23.8. The van der Waals surface area contributed by atoms with Gasteiger partial charge >= 0.3 is 24.2 Å². The Balaban J connectivity index is 2.18. The molecule has 0 aromatic carbocycles. The molecular formula is C36H61N7O10. The molecule has 0 aliphatic heterocycles. The Morgan fingerprint density at radius 2 is 1.55 bits per heavy atom. The van der Waals surface area contributed by atoms with E-state index in [-0.39, 0.29) is 60.9 Å². The highest BCUT2D eigenvalue weighted by Crippen LogP contribution is 2.29. The second-order valence-electron chi connectivity index (χ2n) is 14.9. The summed E-state index contributed by atoms with van der Waals surface area (Å²) in [6.45, 7) is 20.4. The molecule has 1 heterocycles. The van der Waals surface area contributed by atoms with Gasteiger partial charge in [0.25, 0.3) is 5.56 Å². The zero-order valence-corrected chi connectivity index (χ0v) is 32.6. The molecule has 0 spiro atoms. The van der Waals surface area contributed by atoms with E-state index in [9.17, 15) is 28.8 Å². The fraction of sp³-hybridized carbons (Fsp3) is 0.694. The van der Waals surface area contributed by atoms with Gasteiger partial charge in [-0.05, 0) is 62.2 Å². The monoisotopic (exact) mass is 751 g/mol. The van der Waals surface area contributed by atoms with Gasteiger partial charge in [0.15, 0.2) is 0 Å². The SMILES string of the molecule is C=CC(=O)OCCOC(=O)NCC(C)(C)CC(C)CCNC(=O)COC(C)COC(=O)NCCC(C)(C)CC(C)CNC(=O)Nc1nc(=O)cc(C)[nH]1. The van der Waals surface area contributed by atoms with Gasteiger partial charge in [0.1, 0.15) is 26.4 Å². The van der Waals surface area contributed by atoms with Crippen molar-refractivity contribution < 1.29 is 42.9 Å². The van der Waals surface area contributed by atoms with Crippen molar-refractivity contribution in [2.24, 2.45) is 22.7 Å². The Morgan fingerprint density at radius 3 is 2.23 bits per heavy atom. The molecule has 6 N–H and O–H groups in total. The molecule has 0 fully saturated rings. The number of aryl methyl sites for hydroxylation is 1. The van der Waals surface area contributed by atoms with Gasteiger partial charge < -0.3 is 45.2 Å². The van der Waals surface area contributed by atoms with Crippen LogP contribution in [0.4, 0.5) is 20.3 Å². The molecule has 53 heavy (non-hydrogen) atoms. The number of anilines is 1. The zero-order chi connectivity index (χ0) is 40.0. The predicted molar refractivity (Wildman–Crippen MR) is 199 cm³/mol. The lowest BCUT2D eigenvalue weighted by Crippen LogP contribution is -2.36. The quantitative estimate of drug-likeness (QED) is 0.0385. The summed E-state index contributed by atoms with van der Waals surface area (Å²) in [7, 11) is 0. The Hall–Kier alpha value is -4.67. The van der Waals surface area contributed by atoms with Crippen LogP contribution in [0.1, 0.15) is 79.8 Å². The molecule has 5 amide bonds. The van der Waals surface area contributed by atoms with Crippen LogP contribution in [0.15, 0.2) is 23.5 Å². The van der Waals surface area contributed by atoms with Crippen molar-refractivity contribution in [3.63, 3.8) is 0 Å². The molecule has 0 aliphatic carbocycles. The summed E-state index contributed by atoms with van der Waals surface area (Å²) in [5.41, 5.74) is -0.207. The van der Waals surface area contributed by atoms with E-state index < -0.39 is 35.9 Å². The van der Waals surface area contributed by atoms with Gasteiger partial charge in [-0.1, -0.05) is 48.1 Å². The van der Waals surface area contributed by atoms with Crippen molar-refractivity contribution in [1.82, 2.24) is 31.2 Å². The van der Waals surface area contributed by atoms with Gasteiger partial charge in [-0.15, -0.1) is 0 Å². The van der Waals surface area contributed by atoms with Crippen LogP contribution in [-0.4, -0.2) is 98.8 Å². The highest BCUT2D eigenvalue weighted by atomic mass is 16.6. The zero-order valence-electron chi connectivity index (χ0n) is 32.6. The third-order valence-corrected chi connectivity index (χ3v) is 7.94. The lowest BCUT2D eigenvalue weighted by atomic mass is 9.80. The molecule has 0 saturated carbocycles. The molecule has 17 nitrogen and oxygen atoms in total. The number of nitrogens with zero attached hydrogens (tertiary/aromatic N) is 1. The number of nitrogens with one attached hydrogen (secondary N) is 6. The molecule has 0 bridgehead atoms. The fourth-order valence-electron chi connectivity index (χ4n) is 5.51. The average molecular weight is 752 g/mol. The van der Waals surface area contributed by atoms with Crippen LogP contribution in [0.5, 0.6) is 0 Å². The van der Waals surface area contributed by atoms with Gasteiger partial charge in [-0.2, -0.15) is 4.98 Å². The maximum atomic E-state index is 12.3. The molecule has 3 unspecified atom stereocenters. The van der Waals surface area contributed by atoms with Gasteiger partial charge in [-0.3, -0.25) is 14.9 Å². The number of alkyl carbamates (subject to hydrolysis) is 2. The minimum atomic E-state index is -0.594. The minimum Gasteiger partial charge on any atom is -0.459 e. The Bertz CT molecular complexity index is 1400. The largest absolute Gasteiger partial charge is 0.459 e. The number of ether oxygens (including phenoxy) is 4. The number of esters is 1. The van der Waals surface area contributed by atoms with Crippen LogP contribution < -0.4 is 32.1 Å². The van der Waals surface area contributed by atoms with Crippen molar-refractivity contribution in [2.45, 2.75) is 87.2 Å². The van der Waals surface area contributed by atoms with Crippen LogP contribution in [0.25, 0.3) is 0 Å². The summed E-state index contributed by atoms with van der Waals surface area (Å²) in [4.78, 5) is 77.7. The Morgan fingerprint density at radius 1 is 0.887 bits per heavy atom. The summed E-state index contributed by atoms with van der Waals surface area (Å²) in [5.74, 6) is -0.377.